The number of alkyl halides is 2. The minimum atomic E-state index is -2.58. The summed E-state index contributed by atoms with van der Waals surface area (Å²) in [5.74, 6) is -3.93. The van der Waals surface area contributed by atoms with Crippen LogP contribution >= 0.6 is 0 Å². The van der Waals surface area contributed by atoms with E-state index in [0.29, 0.717) is 25.9 Å². The van der Waals surface area contributed by atoms with Crippen LogP contribution in [0.25, 0.3) is 32.8 Å². The van der Waals surface area contributed by atoms with Crippen molar-refractivity contribution in [2.24, 2.45) is 5.41 Å². The van der Waals surface area contributed by atoms with Crippen LogP contribution in [-0.4, -0.2) is 77.0 Å². The topological polar surface area (TPSA) is 85.8 Å². The molecule has 47 heavy (non-hydrogen) atoms. The number of carboxylic acid groups (broad SMARTS) is 1. The van der Waals surface area contributed by atoms with Gasteiger partial charge in [-0.2, -0.15) is 0 Å². The number of benzene rings is 3. The largest absolute Gasteiger partial charge is 0.480 e. The number of carbonyl (C=O) groups is 2. The Kier molecular flexibility index (Phi) is 9.31. The minimum Gasteiger partial charge on any atom is -0.480 e. The van der Waals surface area contributed by atoms with E-state index in [4.69, 9.17) is 4.98 Å². The zero-order chi connectivity index (χ0) is 33.3. The molecule has 2 N–H and O–H groups in total. The van der Waals surface area contributed by atoms with Crippen molar-refractivity contribution in [3.63, 3.8) is 0 Å². The molecule has 2 heterocycles. The molecule has 0 bridgehead atoms. The number of hydrogen-bond donors (Lipinski definition) is 2. The number of pyridine rings is 1. The summed E-state index contributed by atoms with van der Waals surface area (Å²) in [6.45, 7) is 3.49. The van der Waals surface area contributed by atoms with E-state index in [1.165, 1.54) is 5.56 Å². The van der Waals surface area contributed by atoms with E-state index in [1.54, 1.807) is 0 Å². The van der Waals surface area contributed by atoms with Gasteiger partial charge in [0, 0.05) is 67.5 Å². The SMILES string of the molecule is CN(C)Cc1ccc2c(-c3cccc4c(C[C@H](NC(=O)C5(C)CCC(N6CCC(F)(F)CC6)CC5)C(=O)O)cccc34)nccc2c1. The lowest BCUT2D eigenvalue weighted by atomic mass is 9.72. The van der Waals surface area contributed by atoms with Crippen LogP contribution in [-0.2, 0) is 22.6 Å². The Hall–Kier alpha value is -3.95. The van der Waals surface area contributed by atoms with Gasteiger partial charge in [-0.3, -0.25) is 14.7 Å². The monoisotopic (exact) mass is 642 g/mol. The van der Waals surface area contributed by atoms with Crippen LogP contribution in [0.1, 0.15) is 56.6 Å². The Balaban J connectivity index is 1.20. The molecule has 248 valence electrons. The molecule has 1 atom stereocenters. The number of carboxylic acids is 1. The molecule has 2 fully saturated rings. The average Bonchev–Trinajstić information content (AvgIpc) is 3.04. The predicted octanol–water partition coefficient (Wildman–Crippen LogP) is 6.91. The Bertz CT molecular complexity index is 1770. The second-order valence-corrected chi connectivity index (χ2v) is 14.0. The molecule has 4 aromatic rings. The van der Waals surface area contributed by atoms with E-state index in [1.807, 2.05) is 69.7 Å². The maximum Gasteiger partial charge on any atom is 0.326 e. The van der Waals surface area contributed by atoms with E-state index in [-0.39, 0.29) is 31.2 Å². The van der Waals surface area contributed by atoms with Crippen LogP contribution in [0.3, 0.4) is 0 Å². The van der Waals surface area contributed by atoms with Gasteiger partial charge in [-0.25, -0.2) is 13.6 Å². The molecule has 9 heteroatoms. The van der Waals surface area contributed by atoms with Crippen molar-refractivity contribution in [1.82, 2.24) is 20.1 Å². The van der Waals surface area contributed by atoms with Gasteiger partial charge in [-0.1, -0.05) is 55.5 Å². The summed E-state index contributed by atoms with van der Waals surface area (Å²) in [7, 11) is 4.10. The van der Waals surface area contributed by atoms with E-state index < -0.39 is 23.3 Å². The van der Waals surface area contributed by atoms with E-state index >= 15 is 0 Å². The molecule has 1 saturated carbocycles. The smallest absolute Gasteiger partial charge is 0.326 e. The number of nitrogens with zero attached hydrogens (tertiary/aromatic N) is 3. The number of aromatic nitrogens is 1. The number of likely N-dealkylation sites (tertiary alicyclic amines) is 1. The molecule has 1 amide bonds. The molecule has 1 aliphatic carbocycles. The van der Waals surface area contributed by atoms with Gasteiger partial charge in [-0.05, 0) is 79.2 Å². The highest BCUT2D eigenvalue weighted by molar-refractivity contribution is 6.05. The first-order valence-electron chi connectivity index (χ1n) is 16.6. The van der Waals surface area contributed by atoms with E-state index in [0.717, 1.165) is 57.8 Å². The molecular formula is C38H44F2N4O3. The van der Waals surface area contributed by atoms with Gasteiger partial charge in [-0.15, -0.1) is 0 Å². The number of rotatable bonds is 9. The maximum absolute atomic E-state index is 13.7. The lowest BCUT2D eigenvalue weighted by Gasteiger charge is -2.43. The van der Waals surface area contributed by atoms with E-state index in [2.05, 4.69) is 33.3 Å². The highest BCUT2D eigenvalue weighted by Crippen LogP contribution is 2.40. The van der Waals surface area contributed by atoms with Crippen molar-refractivity contribution in [1.29, 1.82) is 0 Å². The van der Waals surface area contributed by atoms with Gasteiger partial charge in [0.2, 0.25) is 5.91 Å². The zero-order valence-corrected chi connectivity index (χ0v) is 27.4. The summed E-state index contributed by atoms with van der Waals surface area (Å²) in [4.78, 5) is 35.2. The van der Waals surface area contributed by atoms with Crippen LogP contribution in [0.2, 0.25) is 0 Å². The average molecular weight is 643 g/mol. The van der Waals surface area contributed by atoms with Crippen LogP contribution in [0.5, 0.6) is 0 Å². The molecule has 0 unspecified atom stereocenters. The number of halogens is 2. The normalized spacial score (nSPS) is 22.4. The molecule has 6 rings (SSSR count). The summed E-state index contributed by atoms with van der Waals surface area (Å²) in [6, 6.07) is 19.5. The van der Waals surface area contributed by atoms with Crippen LogP contribution in [0, 0.1) is 5.41 Å². The minimum absolute atomic E-state index is 0.118. The molecule has 1 aliphatic heterocycles. The molecule has 0 radical (unpaired) electrons. The van der Waals surface area contributed by atoms with E-state index in [9.17, 15) is 23.5 Å². The number of carbonyl (C=O) groups excluding carboxylic acids is 1. The Morgan fingerprint density at radius 1 is 0.979 bits per heavy atom. The van der Waals surface area contributed by atoms with Gasteiger partial charge in [0.1, 0.15) is 6.04 Å². The van der Waals surface area contributed by atoms with Gasteiger partial charge in [0.15, 0.2) is 0 Å². The maximum atomic E-state index is 13.7. The first kappa shape index (κ1) is 33.0. The summed E-state index contributed by atoms with van der Waals surface area (Å²) in [5, 5.41) is 17.1. The molecule has 0 spiro atoms. The highest BCUT2D eigenvalue weighted by Gasteiger charge is 2.42. The Morgan fingerprint density at radius 2 is 1.68 bits per heavy atom. The lowest BCUT2D eigenvalue weighted by Crippen LogP contribution is -2.52. The van der Waals surface area contributed by atoms with Crippen molar-refractivity contribution in [2.45, 2.75) is 76.4 Å². The summed E-state index contributed by atoms with van der Waals surface area (Å²) in [5.41, 5.74) is 3.18. The van der Waals surface area contributed by atoms with Crippen molar-refractivity contribution >= 4 is 33.4 Å². The van der Waals surface area contributed by atoms with Gasteiger partial charge in [0.25, 0.3) is 5.92 Å². The fraction of sp³-hybridized carbons (Fsp3) is 0.447. The zero-order valence-electron chi connectivity index (χ0n) is 27.4. The third-order valence-corrected chi connectivity index (χ3v) is 10.3. The van der Waals surface area contributed by atoms with Crippen molar-refractivity contribution in [3.05, 3.63) is 78.0 Å². The standard InChI is InChI=1S/C38H44F2N4O3/c1-37(15-12-28(13-16-37)44-20-17-38(39,40)18-21-44)36(47)42-33(35(45)46)23-26-6-4-8-31-29(26)7-5-9-32(31)34-30-11-10-25(24-43(2)3)22-27(30)14-19-41-34/h4-11,14,19,22,28,33H,12-13,15-18,20-21,23-24H2,1-3H3,(H,42,47)(H,45,46)/t28?,33-,37?/m0/s1. The van der Waals surface area contributed by atoms with Gasteiger partial charge in [0.05, 0.1) is 5.69 Å². The summed E-state index contributed by atoms with van der Waals surface area (Å²) < 4.78 is 27.3. The summed E-state index contributed by atoms with van der Waals surface area (Å²) >= 11 is 0. The lowest BCUT2D eigenvalue weighted by molar-refractivity contribution is -0.144. The molecular weight excluding hydrogens is 598 g/mol. The summed E-state index contributed by atoms with van der Waals surface area (Å²) in [6.07, 6.45) is 4.39. The molecule has 1 saturated heterocycles. The number of aliphatic carboxylic acids is 1. The first-order valence-corrected chi connectivity index (χ1v) is 16.6. The molecule has 3 aromatic carbocycles. The van der Waals surface area contributed by atoms with Gasteiger partial charge < -0.3 is 15.3 Å². The van der Waals surface area contributed by atoms with Crippen molar-refractivity contribution < 1.29 is 23.5 Å². The third-order valence-electron chi connectivity index (χ3n) is 10.3. The predicted molar refractivity (Wildman–Crippen MR) is 181 cm³/mol. The second-order valence-electron chi connectivity index (χ2n) is 14.0. The number of hydrogen-bond acceptors (Lipinski definition) is 5. The number of nitrogens with one attached hydrogen (secondary N) is 1. The van der Waals surface area contributed by atoms with Crippen LogP contribution in [0.4, 0.5) is 8.78 Å². The number of fused-ring (bicyclic) bond motifs is 2. The molecule has 2 aliphatic rings. The Morgan fingerprint density at radius 3 is 2.38 bits per heavy atom. The second kappa shape index (κ2) is 13.3. The fourth-order valence-electron chi connectivity index (χ4n) is 7.47. The number of amides is 1. The number of piperidine rings is 1. The molecule has 1 aromatic heterocycles. The van der Waals surface area contributed by atoms with Crippen LogP contribution < -0.4 is 5.32 Å². The molecule has 7 nitrogen and oxygen atoms in total. The van der Waals surface area contributed by atoms with Crippen LogP contribution in [0.15, 0.2) is 66.9 Å². The van der Waals surface area contributed by atoms with Crippen molar-refractivity contribution in [2.75, 3.05) is 27.2 Å². The van der Waals surface area contributed by atoms with Gasteiger partial charge >= 0.3 is 5.97 Å². The van der Waals surface area contributed by atoms with Crippen molar-refractivity contribution in [3.8, 4) is 11.3 Å². The highest BCUT2D eigenvalue weighted by atomic mass is 19.3. The third kappa shape index (κ3) is 7.16. The fourth-order valence-corrected chi connectivity index (χ4v) is 7.47. The first-order chi connectivity index (χ1) is 22.4. The Labute approximate surface area is 275 Å². The quantitative estimate of drug-likeness (QED) is 0.207.